The number of alkyl halides is 3. The summed E-state index contributed by atoms with van der Waals surface area (Å²) >= 11 is 0. The van der Waals surface area contributed by atoms with Gasteiger partial charge in [-0.1, -0.05) is 0 Å². The molecule has 0 saturated carbocycles. The summed E-state index contributed by atoms with van der Waals surface area (Å²) in [7, 11) is 1.71. The number of hydrogen-bond donors (Lipinski definition) is 2. The average molecular weight is 411 g/mol. The molecule has 0 radical (unpaired) electrons. The summed E-state index contributed by atoms with van der Waals surface area (Å²) < 4.78 is 39.3. The maximum absolute atomic E-state index is 12.6. The number of likely N-dealkylation sites (tertiary alicyclic amines) is 1. The van der Waals surface area contributed by atoms with Crippen molar-refractivity contribution in [2.24, 2.45) is 13.0 Å². The summed E-state index contributed by atoms with van der Waals surface area (Å²) in [6.45, 7) is 1.35. The minimum absolute atomic E-state index is 0. The third-order valence-corrected chi connectivity index (χ3v) is 5.00. The van der Waals surface area contributed by atoms with Gasteiger partial charge in [-0.3, -0.25) is 15.0 Å². The van der Waals surface area contributed by atoms with Gasteiger partial charge in [-0.25, -0.2) is 4.68 Å². The summed E-state index contributed by atoms with van der Waals surface area (Å²) in [6, 6.07) is 0. The van der Waals surface area contributed by atoms with Crippen molar-refractivity contribution in [1.29, 1.82) is 0 Å². The summed E-state index contributed by atoms with van der Waals surface area (Å²) in [6.07, 6.45) is -1.18. The Kier molecular flexibility index (Phi) is 7.47. The van der Waals surface area contributed by atoms with E-state index in [0.717, 1.165) is 25.9 Å². The van der Waals surface area contributed by atoms with E-state index >= 15 is 0 Å². The molecular weight excluding hydrogens is 385 g/mol. The van der Waals surface area contributed by atoms with E-state index < -0.39 is 18.6 Å². The first-order valence-corrected chi connectivity index (χ1v) is 9.03. The topological polar surface area (TPSA) is 75.1 Å². The molecule has 2 saturated heterocycles. The normalized spacial score (nSPS) is 22.3. The highest BCUT2D eigenvalue weighted by Crippen LogP contribution is 2.25. The first-order chi connectivity index (χ1) is 12.3. The number of hydrogen-bond acceptors (Lipinski definition) is 5. The predicted octanol–water partition coefficient (Wildman–Crippen LogP) is 1.92. The van der Waals surface area contributed by atoms with Crippen molar-refractivity contribution in [3.05, 3.63) is 5.82 Å². The van der Waals surface area contributed by atoms with Crippen molar-refractivity contribution in [3.8, 4) is 0 Å². The molecule has 0 aromatic carbocycles. The van der Waals surface area contributed by atoms with Gasteiger partial charge in [0.1, 0.15) is 0 Å². The zero-order valence-corrected chi connectivity index (χ0v) is 16.1. The molecule has 0 spiro atoms. The van der Waals surface area contributed by atoms with Gasteiger partial charge in [0.25, 0.3) is 0 Å². The highest BCUT2D eigenvalue weighted by Gasteiger charge is 2.35. The Labute approximate surface area is 162 Å². The van der Waals surface area contributed by atoms with E-state index in [4.69, 9.17) is 0 Å². The molecule has 2 N–H and O–H groups in total. The lowest BCUT2D eigenvalue weighted by molar-refractivity contribution is -0.151. The van der Waals surface area contributed by atoms with Gasteiger partial charge in [0, 0.05) is 19.5 Å². The van der Waals surface area contributed by atoms with Crippen molar-refractivity contribution in [3.63, 3.8) is 0 Å². The number of aryl methyl sites for hydroxylation is 1. The SMILES string of the molecule is Cl.Cn1nc(C2CCNCC2)nc1NC(=O)C1CCCN(CC(F)(F)F)C1. The zero-order valence-electron chi connectivity index (χ0n) is 15.3. The number of anilines is 1. The predicted molar refractivity (Wildman–Crippen MR) is 96.9 cm³/mol. The lowest BCUT2D eigenvalue weighted by atomic mass is 9.97. The van der Waals surface area contributed by atoms with E-state index in [0.29, 0.717) is 31.2 Å². The Morgan fingerprint density at radius 3 is 2.67 bits per heavy atom. The van der Waals surface area contributed by atoms with Crippen LogP contribution >= 0.6 is 12.4 Å². The van der Waals surface area contributed by atoms with Gasteiger partial charge in [-0.15, -0.1) is 12.4 Å². The molecule has 2 aliphatic rings. The van der Waals surface area contributed by atoms with Gasteiger partial charge in [-0.2, -0.15) is 23.3 Å². The molecule has 3 rings (SSSR count). The largest absolute Gasteiger partial charge is 0.401 e. The van der Waals surface area contributed by atoms with Crippen molar-refractivity contribution in [1.82, 2.24) is 25.0 Å². The van der Waals surface area contributed by atoms with Crippen molar-refractivity contribution in [2.45, 2.75) is 37.8 Å². The van der Waals surface area contributed by atoms with Crippen LogP contribution in [0.25, 0.3) is 0 Å². The Bertz CT molecular complexity index is 632. The highest BCUT2D eigenvalue weighted by molar-refractivity contribution is 5.91. The number of aromatic nitrogens is 3. The lowest BCUT2D eigenvalue weighted by Crippen LogP contribution is -2.44. The van der Waals surface area contributed by atoms with Crippen molar-refractivity contribution < 1.29 is 18.0 Å². The van der Waals surface area contributed by atoms with E-state index in [2.05, 4.69) is 20.7 Å². The van der Waals surface area contributed by atoms with E-state index in [1.54, 1.807) is 7.05 Å². The molecule has 1 amide bonds. The number of amides is 1. The molecule has 154 valence electrons. The Hall–Kier alpha value is -1.39. The molecule has 2 fully saturated rings. The van der Waals surface area contributed by atoms with E-state index in [1.807, 2.05) is 0 Å². The quantitative estimate of drug-likeness (QED) is 0.793. The van der Waals surface area contributed by atoms with Crippen LogP contribution in [0.1, 0.15) is 37.4 Å². The number of carbonyl (C=O) groups excluding carboxylic acids is 1. The van der Waals surface area contributed by atoms with Crippen LogP contribution in [0.5, 0.6) is 0 Å². The molecular formula is C16H26ClF3N6O. The monoisotopic (exact) mass is 410 g/mol. The Morgan fingerprint density at radius 2 is 2.00 bits per heavy atom. The maximum Gasteiger partial charge on any atom is 0.401 e. The Morgan fingerprint density at radius 1 is 1.30 bits per heavy atom. The second kappa shape index (κ2) is 9.20. The molecule has 1 aromatic rings. The van der Waals surface area contributed by atoms with Gasteiger partial charge in [0.15, 0.2) is 5.82 Å². The van der Waals surface area contributed by atoms with E-state index in [-0.39, 0.29) is 30.8 Å². The zero-order chi connectivity index (χ0) is 18.7. The summed E-state index contributed by atoms with van der Waals surface area (Å²) in [5.41, 5.74) is 0. The van der Waals surface area contributed by atoms with Gasteiger partial charge in [0.05, 0.1) is 12.5 Å². The van der Waals surface area contributed by atoms with Crippen LogP contribution in [-0.4, -0.2) is 64.5 Å². The molecule has 1 unspecified atom stereocenters. The molecule has 0 aliphatic carbocycles. The molecule has 27 heavy (non-hydrogen) atoms. The van der Waals surface area contributed by atoms with Gasteiger partial charge in [-0.05, 0) is 45.3 Å². The maximum atomic E-state index is 12.6. The number of halogens is 4. The first-order valence-electron chi connectivity index (χ1n) is 9.03. The third kappa shape index (κ3) is 6.05. The second-order valence-corrected chi connectivity index (χ2v) is 7.12. The number of piperidine rings is 2. The molecule has 1 aromatic heterocycles. The lowest BCUT2D eigenvalue weighted by Gasteiger charge is -2.32. The van der Waals surface area contributed by atoms with Crippen molar-refractivity contribution in [2.75, 3.05) is 38.0 Å². The summed E-state index contributed by atoms with van der Waals surface area (Å²) in [4.78, 5) is 18.2. The molecule has 11 heteroatoms. The fourth-order valence-corrected chi connectivity index (χ4v) is 3.65. The highest BCUT2D eigenvalue weighted by atomic mass is 35.5. The van der Waals surface area contributed by atoms with E-state index in [9.17, 15) is 18.0 Å². The minimum Gasteiger partial charge on any atom is -0.317 e. The summed E-state index contributed by atoms with van der Waals surface area (Å²) in [5, 5.41) is 10.4. The van der Waals surface area contributed by atoms with Crippen molar-refractivity contribution >= 4 is 24.3 Å². The number of carbonyl (C=O) groups is 1. The molecule has 1 atom stereocenters. The average Bonchev–Trinajstić information content (AvgIpc) is 2.95. The second-order valence-electron chi connectivity index (χ2n) is 7.12. The summed E-state index contributed by atoms with van der Waals surface area (Å²) in [5.74, 6) is 0.586. The molecule has 7 nitrogen and oxygen atoms in total. The number of nitrogens with zero attached hydrogens (tertiary/aromatic N) is 4. The fourth-order valence-electron chi connectivity index (χ4n) is 3.65. The van der Waals surface area contributed by atoms with Crippen LogP contribution in [0.15, 0.2) is 0 Å². The third-order valence-electron chi connectivity index (χ3n) is 5.00. The van der Waals surface area contributed by atoms with Gasteiger partial charge < -0.3 is 5.32 Å². The molecule has 2 aliphatic heterocycles. The van der Waals surface area contributed by atoms with Crippen LogP contribution < -0.4 is 10.6 Å². The van der Waals surface area contributed by atoms with Crippen LogP contribution in [0.3, 0.4) is 0 Å². The minimum atomic E-state index is -4.24. The smallest absolute Gasteiger partial charge is 0.317 e. The molecule has 3 heterocycles. The van der Waals surface area contributed by atoms with Crippen LogP contribution in [0, 0.1) is 5.92 Å². The van der Waals surface area contributed by atoms with Crippen LogP contribution in [0.2, 0.25) is 0 Å². The van der Waals surface area contributed by atoms with E-state index in [1.165, 1.54) is 9.58 Å². The van der Waals surface area contributed by atoms with Gasteiger partial charge >= 0.3 is 6.18 Å². The number of nitrogens with one attached hydrogen (secondary N) is 2. The fraction of sp³-hybridized carbons (Fsp3) is 0.812. The van der Waals surface area contributed by atoms with Gasteiger partial charge in [0.2, 0.25) is 11.9 Å². The standard InChI is InChI=1S/C16H25F3N6O.ClH/c1-24-15(21-13(23-24)11-4-6-20-7-5-11)22-14(26)12-3-2-8-25(9-12)10-16(17,18)19;/h11-12,20H,2-10H2,1H3,(H,21,22,23,26);1H. The molecule has 0 bridgehead atoms. The van der Waals surface area contributed by atoms with Crippen LogP contribution in [0.4, 0.5) is 19.1 Å². The first kappa shape index (κ1) is 21.9. The Balaban J connectivity index is 0.00000261. The van der Waals surface area contributed by atoms with Crippen LogP contribution in [-0.2, 0) is 11.8 Å². The number of rotatable bonds is 4.